The van der Waals surface area contributed by atoms with E-state index in [1.807, 2.05) is 12.3 Å². The van der Waals surface area contributed by atoms with Crippen molar-refractivity contribution >= 4 is 22.4 Å². The third-order valence-electron chi connectivity index (χ3n) is 4.11. The van der Waals surface area contributed by atoms with Crippen LogP contribution < -0.4 is 4.90 Å². The van der Waals surface area contributed by atoms with Gasteiger partial charge in [0.15, 0.2) is 11.0 Å². The topological polar surface area (TPSA) is 75.4 Å². The third kappa shape index (κ3) is 3.42. The maximum absolute atomic E-state index is 11.4. The van der Waals surface area contributed by atoms with Crippen LogP contribution in [0.15, 0.2) is 9.90 Å². The number of carbonyl (C=O) groups is 1. The molecule has 0 saturated carbocycles. The largest absolute Gasteiger partial charge is 0.339 e. The quantitative estimate of drug-likeness (QED) is 0.835. The molecular formula is C15H21N5O2S. The van der Waals surface area contributed by atoms with E-state index in [2.05, 4.69) is 20.0 Å². The smallest absolute Gasteiger partial charge is 0.226 e. The zero-order chi connectivity index (χ0) is 16.4. The molecule has 0 unspecified atom stereocenters. The number of nitrogens with zero attached hydrogens (tertiary/aromatic N) is 5. The van der Waals surface area contributed by atoms with Crippen LogP contribution in [0.4, 0.5) is 5.13 Å². The number of rotatable bonds is 5. The van der Waals surface area contributed by atoms with Gasteiger partial charge in [0.1, 0.15) is 0 Å². The minimum atomic E-state index is -0.0103. The molecule has 1 atom stereocenters. The predicted molar refractivity (Wildman–Crippen MR) is 87.3 cm³/mol. The van der Waals surface area contributed by atoms with Crippen molar-refractivity contribution < 1.29 is 9.32 Å². The fourth-order valence-electron chi connectivity index (χ4n) is 2.72. The van der Waals surface area contributed by atoms with Gasteiger partial charge in [0.05, 0.1) is 11.7 Å². The summed E-state index contributed by atoms with van der Waals surface area (Å²) in [5, 5.41) is 6.86. The third-order valence-corrected chi connectivity index (χ3v) is 5.08. The van der Waals surface area contributed by atoms with Crippen LogP contribution in [0.1, 0.15) is 50.1 Å². The fourth-order valence-corrected chi connectivity index (χ4v) is 3.55. The van der Waals surface area contributed by atoms with Gasteiger partial charge in [-0.3, -0.25) is 14.6 Å². The van der Waals surface area contributed by atoms with Crippen LogP contribution in [-0.4, -0.2) is 39.5 Å². The normalized spacial score (nSPS) is 18.5. The second-order valence-electron chi connectivity index (χ2n) is 5.73. The van der Waals surface area contributed by atoms with Crippen molar-refractivity contribution in [1.82, 2.24) is 20.0 Å². The lowest BCUT2D eigenvalue weighted by molar-refractivity contribution is -0.116. The molecule has 2 aromatic rings. The monoisotopic (exact) mass is 335 g/mol. The molecule has 0 radical (unpaired) electrons. The van der Waals surface area contributed by atoms with E-state index in [9.17, 15) is 4.79 Å². The molecule has 3 rings (SSSR count). The van der Waals surface area contributed by atoms with Gasteiger partial charge in [0, 0.05) is 32.3 Å². The summed E-state index contributed by atoms with van der Waals surface area (Å²) in [7, 11) is 1.75. The molecule has 1 fully saturated rings. The summed E-state index contributed by atoms with van der Waals surface area (Å²) in [6, 6.07) is 0.190. The van der Waals surface area contributed by atoms with Gasteiger partial charge in [-0.2, -0.15) is 4.98 Å². The molecule has 1 amide bonds. The Kier molecular flexibility index (Phi) is 4.72. The molecule has 1 saturated heterocycles. The highest BCUT2D eigenvalue weighted by atomic mass is 32.1. The number of amides is 1. The van der Waals surface area contributed by atoms with Gasteiger partial charge in [-0.15, -0.1) is 11.3 Å². The van der Waals surface area contributed by atoms with E-state index in [0.29, 0.717) is 5.89 Å². The highest BCUT2D eigenvalue weighted by Gasteiger charge is 2.30. The van der Waals surface area contributed by atoms with Crippen LogP contribution in [-0.2, 0) is 17.8 Å². The minimum Gasteiger partial charge on any atom is -0.339 e. The molecule has 0 bridgehead atoms. The number of hydrogen-bond acceptors (Lipinski definition) is 7. The lowest BCUT2D eigenvalue weighted by Crippen LogP contribution is -2.24. The Labute approximate surface area is 139 Å². The highest BCUT2D eigenvalue weighted by molar-refractivity contribution is 7.14. The standard InChI is InChI=1S/C15H21N5O2S/c1-4-13-17-14(18-22-13)12-6-5-7-20(12)8-11-9-23-15(16-11)19(3)10(2)21/h9,12H,4-8H2,1-3H3/t12-/m0/s1. The molecule has 0 aliphatic carbocycles. The van der Waals surface area contributed by atoms with Crippen LogP contribution in [0.25, 0.3) is 0 Å². The SMILES string of the molecule is CCc1nc([C@@H]2CCCN2Cc2csc(N(C)C(C)=O)n2)no1. The van der Waals surface area contributed by atoms with Gasteiger partial charge in [0.25, 0.3) is 0 Å². The molecule has 2 aromatic heterocycles. The van der Waals surface area contributed by atoms with Crippen molar-refractivity contribution in [3.63, 3.8) is 0 Å². The molecule has 7 nitrogen and oxygen atoms in total. The maximum atomic E-state index is 11.4. The summed E-state index contributed by atoms with van der Waals surface area (Å²) in [5.41, 5.74) is 0.976. The molecular weight excluding hydrogens is 314 g/mol. The van der Waals surface area contributed by atoms with Crippen LogP contribution in [0.3, 0.4) is 0 Å². The van der Waals surface area contributed by atoms with Crippen LogP contribution in [0, 0.1) is 0 Å². The number of likely N-dealkylation sites (tertiary alicyclic amines) is 1. The van der Waals surface area contributed by atoms with Crippen LogP contribution in [0.2, 0.25) is 0 Å². The molecule has 1 aliphatic rings. The van der Waals surface area contributed by atoms with Crippen molar-refractivity contribution in [2.24, 2.45) is 0 Å². The molecule has 3 heterocycles. The van der Waals surface area contributed by atoms with Crippen molar-refractivity contribution in [1.29, 1.82) is 0 Å². The highest BCUT2D eigenvalue weighted by Crippen LogP contribution is 2.32. The van der Waals surface area contributed by atoms with Gasteiger partial charge in [0.2, 0.25) is 11.8 Å². The first-order valence-electron chi connectivity index (χ1n) is 7.83. The number of anilines is 1. The Morgan fingerprint density at radius 1 is 1.52 bits per heavy atom. The van der Waals surface area contributed by atoms with E-state index in [4.69, 9.17) is 4.52 Å². The second kappa shape index (κ2) is 6.76. The summed E-state index contributed by atoms with van der Waals surface area (Å²) in [6.07, 6.45) is 2.91. The molecule has 8 heteroatoms. The van der Waals surface area contributed by atoms with E-state index >= 15 is 0 Å². The van der Waals surface area contributed by atoms with Crippen molar-refractivity contribution in [3.05, 3.63) is 22.8 Å². The van der Waals surface area contributed by atoms with Gasteiger partial charge >= 0.3 is 0 Å². The van der Waals surface area contributed by atoms with E-state index in [1.54, 1.807) is 18.9 Å². The van der Waals surface area contributed by atoms with E-state index in [0.717, 1.165) is 49.0 Å². The van der Waals surface area contributed by atoms with Crippen molar-refractivity contribution in [2.45, 2.75) is 45.7 Å². The summed E-state index contributed by atoms with van der Waals surface area (Å²) >= 11 is 1.49. The first-order chi connectivity index (χ1) is 11.1. The zero-order valence-electron chi connectivity index (χ0n) is 13.7. The summed E-state index contributed by atoms with van der Waals surface area (Å²) in [6.45, 7) is 5.28. The molecule has 0 aromatic carbocycles. The Balaban J connectivity index is 1.70. The van der Waals surface area contributed by atoms with Gasteiger partial charge in [-0.05, 0) is 19.4 Å². The van der Waals surface area contributed by atoms with Crippen LogP contribution >= 0.6 is 11.3 Å². The van der Waals surface area contributed by atoms with E-state index in [1.165, 1.54) is 11.3 Å². The van der Waals surface area contributed by atoms with Crippen molar-refractivity contribution in [2.75, 3.05) is 18.5 Å². The number of carbonyl (C=O) groups excluding carboxylic acids is 1. The Morgan fingerprint density at radius 3 is 3.04 bits per heavy atom. The maximum Gasteiger partial charge on any atom is 0.226 e. The number of hydrogen-bond donors (Lipinski definition) is 0. The second-order valence-corrected chi connectivity index (χ2v) is 6.56. The molecule has 0 spiro atoms. The zero-order valence-corrected chi connectivity index (χ0v) is 14.5. The van der Waals surface area contributed by atoms with Gasteiger partial charge < -0.3 is 4.52 Å². The van der Waals surface area contributed by atoms with Gasteiger partial charge in [-0.1, -0.05) is 12.1 Å². The van der Waals surface area contributed by atoms with Gasteiger partial charge in [-0.25, -0.2) is 4.98 Å². The predicted octanol–water partition coefficient (Wildman–Crippen LogP) is 2.41. The molecule has 23 heavy (non-hydrogen) atoms. The average Bonchev–Trinajstić information content (AvgIpc) is 3.26. The summed E-state index contributed by atoms with van der Waals surface area (Å²) in [5.74, 6) is 1.45. The number of aryl methyl sites for hydroxylation is 1. The Morgan fingerprint density at radius 2 is 2.35 bits per heavy atom. The fraction of sp³-hybridized carbons (Fsp3) is 0.600. The van der Waals surface area contributed by atoms with Crippen molar-refractivity contribution in [3.8, 4) is 0 Å². The Hall–Kier alpha value is -1.80. The molecule has 124 valence electrons. The molecule has 0 N–H and O–H groups in total. The summed E-state index contributed by atoms with van der Waals surface area (Å²) in [4.78, 5) is 24.4. The average molecular weight is 335 g/mol. The Bertz CT molecular complexity index is 683. The summed E-state index contributed by atoms with van der Waals surface area (Å²) < 4.78 is 5.24. The minimum absolute atomic E-state index is 0.0103. The van der Waals surface area contributed by atoms with E-state index < -0.39 is 0 Å². The first kappa shape index (κ1) is 16.1. The molecule has 1 aliphatic heterocycles. The lowest BCUT2D eigenvalue weighted by atomic mass is 10.2. The first-order valence-corrected chi connectivity index (χ1v) is 8.71. The number of thiazole rings is 1. The number of aromatic nitrogens is 3. The van der Waals surface area contributed by atoms with Crippen LogP contribution in [0.5, 0.6) is 0 Å². The van der Waals surface area contributed by atoms with E-state index in [-0.39, 0.29) is 11.9 Å². The lowest BCUT2D eigenvalue weighted by Gasteiger charge is -2.20.